The summed E-state index contributed by atoms with van der Waals surface area (Å²) in [6.45, 7) is 2.69. The molecule has 0 aliphatic heterocycles. The van der Waals surface area contributed by atoms with Gasteiger partial charge in [0.25, 0.3) is 5.91 Å². The molecule has 0 aliphatic rings. The highest BCUT2D eigenvalue weighted by Gasteiger charge is 2.13. The topological polar surface area (TPSA) is 85.2 Å². The van der Waals surface area contributed by atoms with Crippen LogP contribution in [0.3, 0.4) is 0 Å². The zero-order chi connectivity index (χ0) is 20.5. The molecular weight excluding hydrogens is 368 g/mol. The molecule has 0 spiro atoms. The second kappa shape index (κ2) is 10.1. The highest BCUT2D eigenvalue weighted by molar-refractivity contribution is 5.98. The van der Waals surface area contributed by atoms with Gasteiger partial charge in [-0.3, -0.25) is 9.59 Å². The van der Waals surface area contributed by atoms with Gasteiger partial charge < -0.3 is 15.4 Å². The molecule has 0 atom stereocenters. The van der Waals surface area contributed by atoms with Gasteiger partial charge in [0, 0.05) is 12.7 Å². The maximum absolute atomic E-state index is 12.3. The Balaban J connectivity index is 1.43. The quantitative estimate of drug-likeness (QED) is 0.585. The minimum atomic E-state index is -0.340. The molecule has 7 heteroatoms. The van der Waals surface area contributed by atoms with E-state index in [0.29, 0.717) is 30.9 Å². The maximum Gasteiger partial charge on any atom is 0.255 e. The average molecular weight is 392 g/mol. The summed E-state index contributed by atoms with van der Waals surface area (Å²) in [6.07, 6.45) is 4.37. The summed E-state index contributed by atoms with van der Waals surface area (Å²) in [6, 6.07) is 16.8. The van der Waals surface area contributed by atoms with E-state index < -0.39 is 0 Å². The van der Waals surface area contributed by atoms with Crippen LogP contribution in [0.2, 0.25) is 0 Å². The molecule has 1 aromatic heterocycles. The minimum Gasteiger partial charge on any atom is -0.493 e. The normalized spacial score (nSPS) is 10.4. The second-order valence-electron chi connectivity index (χ2n) is 6.34. The number of hydrogen-bond donors (Lipinski definition) is 2. The van der Waals surface area contributed by atoms with Crippen molar-refractivity contribution >= 4 is 11.8 Å². The van der Waals surface area contributed by atoms with Crippen LogP contribution in [0.15, 0.2) is 67.0 Å². The van der Waals surface area contributed by atoms with Crippen LogP contribution in [0.1, 0.15) is 22.8 Å². The predicted molar refractivity (Wildman–Crippen MR) is 110 cm³/mol. The third-order valence-electron chi connectivity index (χ3n) is 4.23. The van der Waals surface area contributed by atoms with Crippen LogP contribution in [-0.4, -0.2) is 41.3 Å². The molecule has 7 nitrogen and oxygen atoms in total. The Morgan fingerprint density at radius 1 is 1.03 bits per heavy atom. The van der Waals surface area contributed by atoms with Gasteiger partial charge in [0.15, 0.2) is 0 Å². The van der Waals surface area contributed by atoms with Gasteiger partial charge in [-0.25, -0.2) is 4.68 Å². The van der Waals surface area contributed by atoms with E-state index in [1.165, 1.54) is 0 Å². The lowest BCUT2D eigenvalue weighted by molar-refractivity contribution is -0.120. The first-order valence-corrected chi connectivity index (χ1v) is 9.53. The minimum absolute atomic E-state index is 0.0947. The number of hydrogen-bond acceptors (Lipinski definition) is 4. The molecule has 0 fully saturated rings. The highest BCUT2D eigenvalue weighted by Crippen LogP contribution is 2.17. The van der Waals surface area contributed by atoms with E-state index in [0.717, 1.165) is 11.3 Å². The Bertz CT molecular complexity index is 953. The van der Waals surface area contributed by atoms with Gasteiger partial charge in [-0.05, 0) is 43.2 Å². The summed E-state index contributed by atoms with van der Waals surface area (Å²) >= 11 is 0. The number of para-hydroxylation sites is 2. The fourth-order valence-electron chi connectivity index (χ4n) is 2.81. The first-order chi connectivity index (χ1) is 14.2. The van der Waals surface area contributed by atoms with Gasteiger partial charge in [-0.1, -0.05) is 30.3 Å². The molecule has 0 bridgehead atoms. The van der Waals surface area contributed by atoms with E-state index in [-0.39, 0.29) is 18.4 Å². The fourth-order valence-corrected chi connectivity index (χ4v) is 2.81. The van der Waals surface area contributed by atoms with Crippen molar-refractivity contribution in [1.29, 1.82) is 0 Å². The zero-order valence-corrected chi connectivity index (χ0v) is 16.3. The van der Waals surface area contributed by atoms with E-state index in [4.69, 9.17) is 4.74 Å². The first kappa shape index (κ1) is 20.1. The van der Waals surface area contributed by atoms with Crippen LogP contribution in [0, 0.1) is 0 Å². The van der Waals surface area contributed by atoms with Crippen LogP contribution < -0.4 is 15.4 Å². The Morgan fingerprint density at radius 2 is 1.79 bits per heavy atom. The van der Waals surface area contributed by atoms with Crippen LogP contribution >= 0.6 is 0 Å². The van der Waals surface area contributed by atoms with Gasteiger partial charge in [0.05, 0.1) is 30.6 Å². The largest absolute Gasteiger partial charge is 0.493 e. The number of ether oxygens (including phenoxy) is 1. The van der Waals surface area contributed by atoms with Crippen LogP contribution in [-0.2, 0) is 11.2 Å². The van der Waals surface area contributed by atoms with E-state index in [1.54, 1.807) is 35.1 Å². The van der Waals surface area contributed by atoms with Crippen molar-refractivity contribution < 1.29 is 14.3 Å². The molecule has 2 aromatic carbocycles. The lowest BCUT2D eigenvalue weighted by atomic mass is 10.2. The Kier molecular flexibility index (Phi) is 7.00. The fraction of sp³-hybridized carbons (Fsp3) is 0.227. The number of benzene rings is 2. The molecule has 0 radical (unpaired) electrons. The molecule has 150 valence electrons. The number of amides is 2. The van der Waals surface area contributed by atoms with Gasteiger partial charge in [-0.2, -0.15) is 5.10 Å². The molecule has 2 amide bonds. The van der Waals surface area contributed by atoms with E-state index in [9.17, 15) is 9.59 Å². The summed E-state index contributed by atoms with van der Waals surface area (Å²) in [5.41, 5.74) is 2.41. The molecule has 3 aromatic rings. The van der Waals surface area contributed by atoms with Gasteiger partial charge in [0.1, 0.15) is 5.75 Å². The standard InChI is InChI=1S/C22H24N4O3/c1-2-29-20-11-7-6-10-19(20)22(28)24-15-21(27)23-13-12-17-14-25-26(16-17)18-8-4-3-5-9-18/h3-11,14,16H,2,12-13,15H2,1H3,(H,23,27)(H,24,28). The summed E-state index contributed by atoms with van der Waals surface area (Å²) < 4.78 is 7.24. The Hall–Kier alpha value is -3.61. The third kappa shape index (κ3) is 5.68. The van der Waals surface area contributed by atoms with Gasteiger partial charge in [-0.15, -0.1) is 0 Å². The lowest BCUT2D eigenvalue weighted by Crippen LogP contribution is -2.37. The van der Waals surface area contributed by atoms with Crippen molar-refractivity contribution in [3.8, 4) is 11.4 Å². The number of nitrogens with zero attached hydrogens (tertiary/aromatic N) is 2. The average Bonchev–Trinajstić information content (AvgIpc) is 3.22. The number of carbonyl (C=O) groups excluding carboxylic acids is 2. The van der Waals surface area contributed by atoms with Crippen molar-refractivity contribution in [2.45, 2.75) is 13.3 Å². The monoisotopic (exact) mass is 392 g/mol. The highest BCUT2D eigenvalue weighted by atomic mass is 16.5. The predicted octanol–water partition coefficient (Wildman–Crippen LogP) is 2.36. The molecule has 3 rings (SSSR count). The Labute approximate surface area is 169 Å². The molecule has 1 heterocycles. The third-order valence-corrected chi connectivity index (χ3v) is 4.23. The molecule has 2 N–H and O–H groups in total. The van der Waals surface area contributed by atoms with Crippen molar-refractivity contribution in [1.82, 2.24) is 20.4 Å². The van der Waals surface area contributed by atoms with E-state index >= 15 is 0 Å². The molecule has 0 saturated heterocycles. The van der Waals surface area contributed by atoms with Gasteiger partial charge >= 0.3 is 0 Å². The molecule has 0 saturated carbocycles. The Morgan fingerprint density at radius 3 is 2.59 bits per heavy atom. The lowest BCUT2D eigenvalue weighted by Gasteiger charge is -2.10. The maximum atomic E-state index is 12.3. The van der Waals surface area contributed by atoms with Crippen LogP contribution in [0.4, 0.5) is 0 Å². The van der Waals surface area contributed by atoms with Gasteiger partial charge in [0.2, 0.25) is 5.91 Å². The number of carbonyl (C=O) groups is 2. The number of rotatable bonds is 9. The summed E-state index contributed by atoms with van der Waals surface area (Å²) in [7, 11) is 0. The first-order valence-electron chi connectivity index (χ1n) is 9.53. The van der Waals surface area contributed by atoms with Crippen LogP contribution in [0.5, 0.6) is 5.75 Å². The number of nitrogens with one attached hydrogen (secondary N) is 2. The molecule has 0 aliphatic carbocycles. The van der Waals surface area contributed by atoms with Crippen molar-refractivity contribution in [3.63, 3.8) is 0 Å². The second-order valence-corrected chi connectivity index (χ2v) is 6.34. The van der Waals surface area contributed by atoms with Crippen LogP contribution in [0.25, 0.3) is 5.69 Å². The molecular formula is C22H24N4O3. The zero-order valence-electron chi connectivity index (χ0n) is 16.3. The van der Waals surface area contributed by atoms with Crippen molar-refractivity contribution in [3.05, 3.63) is 78.1 Å². The summed E-state index contributed by atoms with van der Waals surface area (Å²) in [4.78, 5) is 24.3. The summed E-state index contributed by atoms with van der Waals surface area (Å²) in [5, 5.41) is 9.76. The van der Waals surface area contributed by atoms with E-state index in [1.807, 2.05) is 43.5 Å². The number of aromatic nitrogens is 2. The van der Waals surface area contributed by atoms with Crippen molar-refractivity contribution in [2.75, 3.05) is 19.7 Å². The summed E-state index contributed by atoms with van der Waals surface area (Å²) in [5.74, 6) is -0.0839. The van der Waals surface area contributed by atoms with Crippen molar-refractivity contribution in [2.24, 2.45) is 0 Å². The molecule has 0 unspecified atom stereocenters. The van der Waals surface area contributed by atoms with E-state index in [2.05, 4.69) is 15.7 Å². The SMILES string of the molecule is CCOc1ccccc1C(=O)NCC(=O)NCCc1cnn(-c2ccccc2)c1. The smallest absolute Gasteiger partial charge is 0.255 e. The molecule has 29 heavy (non-hydrogen) atoms.